The van der Waals surface area contributed by atoms with Gasteiger partial charge in [0, 0.05) is 17.1 Å². The molecular weight excluding hydrogens is 290 g/mol. The number of benzene rings is 2. The van der Waals surface area contributed by atoms with Crippen molar-refractivity contribution in [2.45, 2.75) is 6.82 Å². The monoisotopic (exact) mass is 308 g/mol. The minimum Gasteiger partial charge on any atom is -0.426 e. The first-order chi connectivity index (χ1) is 11.1. The van der Waals surface area contributed by atoms with Crippen LogP contribution in [0.2, 0.25) is 6.82 Å². The first-order valence-electron chi connectivity index (χ1n) is 7.29. The van der Waals surface area contributed by atoms with E-state index in [1.807, 2.05) is 18.2 Å². The highest BCUT2D eigenvalue weighted by atomic mass is 16.2. The second kappa shape index (κ2) is 8.05. The number of anilines is 3. The smallest absolute Gasteiger partial charge is 0.323 e. The Balaban J connectivity index is 1.92. The van der Waals surface area contributed by atoms with Gasteiger partial charge in [-0.05, 0) is 36.4 Å². The number of amides is 2. The van der Waals surface area contributed by atoms with Crippen molar-refractivity contribution >= 4 is 42.8 Å². The second-order valence-corrected chi connectivity index (χ2v) is 5.19. The lowest BCUT2D eigenvalue weighted by Crippen LogP contribution is -2.48. The van der Waals surface area contributed by atoms with Crippen LogP contribution in [0.15, 0.2) is 54.6 Å². The maximum absolute atomic E-state index is 11.9. The highest BCUT2D eigenvalue weighted by Gasteiger charge is 2.21. The predicted molar refractivity (Wildman–Crippen MR) is 97.5 cm³/mol. The van der Waals surface area contributed by atoms with Crippen LogP contribution in [0.3, 0.4) is 0 Å². The zero-order chi connectivity index (χ0) is 16.7. The molecule has 0 fully saturated rings. The molecule has 0 heterocycles. The van der Waals surface area contributed by atoms with Gasteiger partial charge in [0.2, 0.25) is 6.74 Å². The van der Waals surface area contributed by atoms with Crippen molar-refractivity contribution in [3.8, 4) is 0 Å². The third-order valence-electron chi connectivity index (χ3n) is 3.22. The van der Waals surface area contributed by atoms with E-state index in [2.05, 4.69) is 15.9 Å². The molecule has 0 unspecified atom stereocenters. The third-order valence-corrected chi connectivity index (χ3v) is 3.22. The van der Waals surface area contributed by atoms with Gasteiger partial charge >= 0.3 is 12.8 Å². The Kier molecular flexibility index (Phi) is 5.82. The zero-order valence-electron chi connectivity index (χ0n) is 12.8. The Morgan fingerprint density at radius 1 is 0.957 bits per heavy atom. The lowest BCUT2D eigenvalue weighted by atomic mass is 9.23. The molecule has 2 aromatic carbocycles. The zero-order valence-corrected chi connectivity index (χ0v) is 12.8. The Morgan fingerprint density at radius 3 is 2.00 bits per heavy atom. The Hall–Kier alpha value is -2.73. The van der Waals surface area contributed by atoms with Crippen LogP contribution in [0.5, 0.6) is 0 Å². The SMILES string of the molecule is CB(N)B(C=O)Nc1ccc(NC(=O)Nc2ccccc2)cc1. The standard InChI is InChI=1S/C15H18B2N4O2/c1-16(18)17(11-22)21-14-9-7-13(8-10-14)20-15(23)19-12-5-3-2-4-6-12/h2-11,21H,18H2,1H3,(H2,19,20,23). The van der Waals surface area contributed by atoms with E-state index in [0.29, 0.717) is 11.4 Å². The molecule has 0 aliphatic heterocycles. The van der Waals surface area contributed by atoms with Crippen molar-refractivity contribution in [3.05, 3.63) is 54.6 Å². The lowest BCUT2D eigenvalue weighted by molar-refractivity contribution is 0.262. The Bertz CT molecular complexity index is 650. The molecule has 116 valence electrons. The summed E-state index contributed by atoms with van der Waals surface area (Å²) in [5.74, 6) is 0. The van der Waals surface area contributed by atoms with Crippen molar-refractivity contribution in [2.24, 2.45) is 5.64 Å². The molecule has 0 spiro atoms. The molecule has 0 aromatic heterocycles. The Labute approximate surface area is 136 Å². The van der Waals surface area contributed by atoms with Crippen molar-refractivity contribution in [1.82, 2.24) is 0 Å². The molecule has 23 heavy (non-hydrogen) atoms. The summed E-state index contributed by atoms with van der Waals surface area (Å²) in [6.45, 7) is 1.02. The van der Waals surface area contributed by atoms with Crippen molar-refractivity contribution in [1.29, 1.82) is 0 Å². The number of carbonyl (C=O) groups excluding carboxylic acids is 2. The topological polar surface area (TPSA) is 96.2 Å². The summed E-state index contributed by atoms with van der Waals surface area (Å²) in [5, 5.41) is 8.50. The fourth-order valence-electron chi connectivity index (χ4n) is 1.95. The highest BCUT2D eigenvalue weighted by molar-refractivity contribution is 7.32. The molecule has 0 saturated heterocycles. The summed E-state index contributed by atoms with van der Waals surface area (Å²) >= 11 is 0. The number of para-hydroxylation sites is 1. The van der Waals surface area contributed by atoms with Gasteiger partial charge in [-0.2, -0.15) is 0 Å². The highest BCUT2D eigenvalue weighted by Crippen LogP contribution is 2.14. The molecule has 8 heteroatoms. The normalized spacial score (nSPS) is 9.65. The van der Waals surface area contributed by atoms with Crippen LogP contribution in [-0.4, -0.2) is 25.7 Å². The molecule has 0 aliphatic rings. The minimum atomic E-state index is -0.449. The van der Waals surface area contributed by atoms with E-state index in [9.17, 15) is 9.59 Å². The molecule has 2 amide bonds. The lowest BCUT2D eigenvalue weighted by Gasteiger charge is -2.13. The molecule has 5 N–H and O–H groups in total. The first kappa shape index (κ1) is 16.6. The van der Waals surface area contributed by atoms with Crippen LogP contribution in [-0.2, 0) is 4.79 Å². The number of rotatable bonds is 6. The van der Waals surface area contributed by atoms with Gasteiger partial charge in [0.15, 0.2) is 0 Å². The van der Waals surface area contributed by atoms with Crippen molar-refractivity contribution in [2.75, 3.05) is 15.9 Å². The fraction of sp³-hybridized carbons (Fsp3) is 0.0667. The minimum absolute atomic E-state index is 0.290. The summed E-state index contributed by atoms with van der Waals surface area (Å²) in [5.41, 5.74) is 7.83. The average Bonchev–Trinajstić information content (AvgIpc) is 2.54. The van der Waals surface area contributed by atoms with Crippen LogP contribution in [0.25, 0.3) is 0 Å². The van der Waals surface area contributed by atoms with E-state index in [0.717, 1.165) is 11.9 Å². The number of nitrogens with two attached hydrogens (primary N) is 1. The molecular formula is C15H18B2N4O2. The van der Waals surface area contributed by atoms with Crippen LogP contribution in [0.4, 0.5) is 21.9 Å². The molecule has 0 saturated carbocycles. The van der Waals surface area contributed by atoms with Crippen molar-refractivity contribution < 1.29 is 9.59 Å². The first-order valence-corrected chi connectivity index (χ1v) is 7.29. The average molecular weight is 308 g/mol. The maximum atomic E-state index is 11.9. The Morgan fingerprint density at radius 2 is 1.48 bits per heavy atom. The molecule has 0 bridgehead atoms. The van der Waals surface area contributed by atoms with Gasteiger partial charge in [-0.1, -0.05) is 25.0 Å². The van der Waals surface area contributed by atoms with E-state index in [1.165, 1.54) is 0 Å². The van der Waals surface area contributed by atoms with Gasteiger partial charge in [0.1, 0.15) is 0 Å². The van der Waals surface area contributed by atoms with Crippen LogP contribution in [0.1, 0.15) is 0 Å². The molecule has 0 aliphatic carbocycles. The number of carbonyl (C=O) groups is 2. The molecule has 0 atom stereocenters. The second-order valence-electron chi connectivity index (χ2n) is 5.19. The van der Waals surface area contributed by atoms with E-state index in [1.54, 1.807) is 43.2 Å². The van der Waals surface area contributed by atoms with Gasteiger partial charge in [-0.15, -0.1) is 0 Å². The summed E-state index contributed by atoms with van der Waals surface area (Å²) < 4.78 is 0. The van der Waals surface area contributed by atoms with Crippen LogP contribution < -0.4 is 21.5 Å². The molecule has 0 radical (unpaired) electrons. The van der Waals surface area contributed by atoms with E-state index < -0.39 is 6.74 Å². The van der Waals surface area contributed by atoms with E-state index in [-0.39, 0.29) is 12.8 Å². The fourth-order valence-corrected chi connectivity index (χ4v) is 1.95. The van der Waals surface area contributed by atoms with Gasteiger partial charge in [-0.25, -0.2) is 4.79 Å². The molecule has 2 rings (SSSR count). The summed E-state index contributed by atoms with van der Waals surface area (Å²) in [7, 11) is 0. The number of hydrogen-bond acceptors (Lipinski definition) is 4. The molecule has 2 aromatic rings. The van der Waals surface area contributed by atoms with Crippen molar-refractivity contribution in [3.63, 3.8) is 0 Å². The van der Waals surface area contributed by atoms with Gasteiger partial charge < -0.3 is 26.3 Å². The summed E-state index contributed by atoms with van der Waals surface area (Å²) in [4.78, 5) is 22.8. The number of nitrogens with one attached hydrogen (secondary N) is 3. The van der Waals surface area contributed by atoms with E-state index >= 15 is 0 Å². The number of hydrogen-bond donors (Lipinski definition) is 4. The predicted octanol–water partition coefficient (Wildman–Crippen LogP) is 2.16. The van der Waals surface area contributed by atoms with Crippen LogP contribution >= 0.6 is 0 Å². The third kappa shape index (κ3) is 5.19. The maximum Gasteiger partial charge on any atom is 0.323 e. The summed E-state index contributed by atoms with van der Waals surface area (Å²) in [6, 6.07) is 15.9. The van der Waals surface area contributed by atoms with Gasteiger partial charge in [0.25, 0.3) is 0 Å². The quantitative estimate of drug-likeness (QED) is 0.486. The van der Waals surface area contributed by atoms with Gasteiger partial charge in [0.05, 0.1) is 6.19 Å². The van der Waals surface area contributed by atoms with Gasteiger partial charge in [-0.3, -0.25) is 0 Å². The summed E-state index contributed by atoms with van der Waals surface area (Å²) in [6.07, 6.45) is 0.782. The largest absolute Gasteiger partial charge is 0.426 e. The van der Waals surface area contributed by atoms with E-state index in [4.69, 9.17) is 5.64 Å². The number of urea groups is 1. The van der Waals surface area contributed by atoms with Crippen LogP contribution in [0, 0.1) is 0 Å². The molecule has 6 nitrogen and oxygen atoms in total.